The van der Waals surface area contributed by atoms with Crippen LogP contribution in [-0.2, 0) is 0 Å². The van der Waals surface area contributed by atoms with Crippen LogP contribution in [-0.4, -0.2) is 0 Å². The molecule has 0 saturated carbocycles. The van der Waals surface area contributed by atoms with Crippen LogP contribution in [0.15, 0.2) is 12.2 Å². The molecule has 0 rings (SSSR count). The molecule has 25 heavy (non-hydrogen) atoms. The lowest BCUT2D eigenvalue weighted by molar-refractivity contribution is 0.313. The van der Waals surface area contributed by atoms with Gasteiger partial charge in [-0.2, -0.15) is 0 Å². The van der Waals surface area contributed by atoms with Gasteiger partial charge < -0.3 is 0 Å². The predicted octanol–water partition coefficient (Wildman–Crippen LogP) is 9.11. The van der Waals surface area contributed by atoms with Crippen molar-refractivity contribution in [1.29, 1.82) is 0 Å². The maximum absolute atomic E-state index is 3.95. The molecule has 0 N–H and O–H groups in total. The minimum Gasteiger partial charge on any atom is -0.0885 e. The molecule has 0 spiro atoms. The van der Waals surface area contributed by atoms with E-state index in [1.165, 1.54) is 96.3 Å². The molecule has 0 heterocycles. The molecule has 148 valence electrons. The van der Waals surface area contributed by atoms with Gasteiger partial charge in [-0.15, -0.1) is 0 Å². The monoisotopic (exact) mass is 348 g/mol. The third-order valence-electron chi connectivity index (χ3n) is 5.50. The van der Waals surface area contributed by atoms with Gasteiger partial charge in [-0.05, 0) is 37.5 Å². The SMILES string of the molecule is [CH2]CCCC=CCCCCCCCCCC(CCCCC[CH2])C(C)C. The molecular weight excluding hydrogens is 300 g/mol. The number of rotatable bonds is 19. The fourth-order valence-electron chi connectivity index (χ4n) is 3.62. The molecule has 0 aliphatic heterocycles. The first kappa shape index (κ1) is 24.7. The van der Waals surface area contributed by atoms with Crippen molar-refractivity contribution in [3.63, 3.8) is 0 Å². The minimum atomic E-state index is 0.862. The van der Waals surface area contributed by atoms with Gasteiger partial charge in [0.2, 0.25) is 0 Å². The van der Waals surface area contributed by atoms with E-state index < -0.39 is 0 Å². The Hall–Kier alpha value is -0.260. The molecular formula is C25H48. The third-order valence-corrected chi connectivity index (χ3v) is 5.50. The molecule has 0 amide bonds. The lowest BCUT2D eigenvalue weighted by Gasteiger charge is -2.20. The number of hydrogen-bond acceptors (Lipinski definition) is 0. The normalized spacial score (nSPS) is 13.2. The van der Waals surface area contributed by atoms with Crippen molar-refractivity contribution in [1.82, 2.24) is 0 Å². The summed E-state index contributed by atoms with van der Waals surface area (Å²) in [5, 5.41) is 0. The summed E-state index contributed by atoms with van der Waals surface area (Å²) in [6.07, 6.45) is 27.7. The molecule has 0 aromatic rings. The third kappa shape index (κ3) is 18.3. The second-order valence-corrected chi connectivity index (χ2v) is 8.23. The van der Waals surface area contributed by atoms with E-state index in [0.717, 1.165) is 24.7 Å². The zero-order valence-electron chi connectivity index (χ0n) is 17.7. The first-order valence-corrected chi connectivity index (χ1v) is 11.5. The molecule has 0 aliphatic carbocycles. The van der Waals surface area contributed by atoms with Gasteiger partial charge in [0, 0.05) is 0 Å². The number of hydrogen-bond donors (Lipinski definition) is 0. The average molecular weight is 349 g/mol. The van der Waals surface area contributed by atoms with E-state index in [1.807, 2.05) is 0 Å². The molecule has 0 aromatic heterocycles. The van der Waals surface area contributed by atoms with Gasteiger partial charge in [-0.25, -0.2) is 0 Å². The Morgan fingerprint density at radius 2 is 1.00 bits per heavy atom. The standard InChI is InChI=1S/C25H48/c1-5-7-9-11-12-13-14-15-16-17-18-19-21-23-25(24(3)4)22-20-10-8-6-2/h11-12,24-25H,1-2,5-10,13-23H2,3-4H3. The van der Waals surface area contributed by atoms with Crippen LogP contribution in [0.3, 0.4) is 0 Å². The van der Waals surface area contributed by atoms with Crippen LogP contribution in [0.4, 0.5) is 0 Å². The van der Waals surface area contributed by atoms with Gasteiger partial charge in [0.1, 0.15) is 0 Å². The summed E-state index contributed by atoms with van der Waals surface area (Å²) < 4.78 is 0. The summed E-state index contributed by atoms with van der Waals surface area (Å²) in [6.45, 7) is 12.7. The number of allylic oxidation sites excluding steroid dienone is 2. The molecule has 2 radical (unpaired) electrons. The summed E-state index contributed by atoms with van der Waals surface area (Å²) in [4.78, 5) is 0. The minimum absolute atomic E-state index is 0.862. The van der Waals surface area contributed by atoms with Crippen molar-refractivity contribution in [3.05, 3.63) is 26.0 Å². The average Bonchev–Trinajstić information content (AvgIpc) is 2.60. The number of unbranched alkanes of at least 4 members (excludes halogenated alkanes) is 12. The summed E-state index contributed by atoms with van der Waals surface area (Å²) in [7, 11) is 0. The predicted molar refractivity (Wildman–Crippen MR) is 117 cm³/mol. The highest BCUT2D eigenvalue weighted by Crippen LogP contribution is 2.25. The highest BCUT2D eigenvalue weighted by Gasteiger charge is 2.12. The largest absolute Gasteiger partial charge is 0.0885 e. The van der Waals surface area contributed by atoms with Gasteiger partial charge in [0.15, 0.2) is 0 Å². The van der Waals surface area contributed by atoms with Crippen LogP contribution in [0.1, 0.15) is 123 Å². The quantitative estimate of drug-likeness (QED) is 0.161. The molecule has 0 aromatic carbocycles. The van der Waals surface area contributed by atoms with Crippen molar-refractivity contribution >= 4 is 0 Å². The fourth-order valence-corrected chi connectivity index (χ4v) is 3.62. The van der Waals surface area contributed by atoms with Gasteiger partial charge in [0.25, 0.3) is 0 Å². The highest BCUT2D eigenvalue weighted by atomic mass is 14.2. The maximum Gasteiger partial charge on any atom is -0.0351 e. The van der Waals surface area contributed by atoms with E-state index in [2.05, 4.69) is 39.8 Å². The topological polar surface area (TPSA) is 0 Å². The summed E-state index contributed by atoms with van der Waals surface area (Å²) in [5.41, 5.74) is 0. The van der Waals surface area contributed by atoms with E-state index in [9.17, 15) is 0 Å². The zero-order valence-corrected chi connectivity index (χ0v) is 17.7. The Morgan fingerprint density at radius 3 is 1.52 bits per heavy atom. The van der Waals surface area contributed by atoms with Crippen molar-refractivity contribution in [2.75, 3.05) is 0 Å². The Kier molecular flexibility index (Phi) is 19.8. The van der Waals surface area contributed by atoms with Crippen LogP contribution in [0, 0.1) is 25.7 Å². The van der Waals surface area contributed by atoms with Gasteiger partial charge in [-0.3, -0.25) is 0 Å². The molecule has 0 aliphatic rings. The second-order valence-electron chi connectivity index (χ2n) is 8.23. The first-order chi connectivity index (χ1) is 12.2. The van der Waals surface area contributed by atoms with Gasteiger partial charge in [0.05, 0.1) is 0 Å². The van der Waals surface area contributed by atoms with Gasteiger partial charge in [-0.1, -0.05) is 123 Å². The maximum atomic E-state index is 3.95. The Morgan fingerprint density at radius 1 is 0.560 bits per heavy atom. The summed E-state index contributed by atoms with van der Waals surface area (Å²) in [5.74, 6) is 1.82. The highest BCUT2D eigenvalue weighted by molar-refractivity contribution is 4.81. The Labute approximate surface area is 161 Å². The van der Waals surface area contributed by atoms with Crippen molar-refractivity contribution < 1.29 is 0 Å². The van der Waals surface area contributed by atoms with Crippen molar-refractivity contribution in [3.8, 4) is 0 Å². The molecule has 0 nitrogen and oxygen atoms in total. The molecule has 0 fully saturated rings. The molecule has 1 unspecified atom stereocenters. The van der Waals surface area contributed by atoms with Crippen LogP contribution in [0.5, 0.6) is 0 Å². The van der Waals surface area contributed by atoms with E-state index in [0.29, 0.717) is 0 Å². The van der Waals surface area contributed by atoms with Crippen molar-refractivity contribution in [2.45, 2.75) is 123 Å². The summed E-state index contributed by atoms with van der Waals surface area (Å²) >= 11 is 0. The molecule has 0 heteroatoms. The molecule has 0 bridgehead atoms. The Bertz CT molecular complexity index is 263. The molecule has 0 saturated heterocycles. The van der Waals surface area contributed by atoms with E-state index in [1.54, 1.807) is 0 Å². The zero-order chi connectivity index (χ0) is 18.6. The van der Waals surface area contributed by atoms with Crippen LogP contribution < -0.4 is 0 Å². The van der Waals surface area contributed by atoms with E-state index in [4.69, 9.17) is 0 Å². The molecule has 1 atom stereocenters. The fraction of sp³-hybridized carbons (Fsp3) is 0.840. The first-order valence-electron chi connectivity index (χ1n) is 11.5. The van der Waals surface area contributed by atoms with E-state index in [-0.39, 0.29) is 0 Å². The van der Waals surface area contributed by atoms with E-state index >= 15 is 0 Å². The lowest BCUT2D eigenvalue weighted by atomic mass is 9.85. The van der Waals surface area contributed by atoms with Crippen molar-refractivity contribution in [2.24, 2.45) is 11.8 Å². The second kappa shape index (κ2) is 20.1. The van der Waals surface area contributed by atoms with Gasteiger partial charge >= 0.3 is 0 Å². The summed E-state index contributed by atoms with van der Waals surface area (Å²) in [6, 6.07) is 0. The van der Waals surface area contributed by atoms with Crippen LogP contribution >= 0.6 is 0 Å². The van der Waals surface area contributed by atoms with Crippen LogP contribution in [0.25, 0.3) is 0 Å². The lowest BCUT2D eigenvalue weighted by Crippen LogP contribution is -2.08. The smallest absolute Gasteiger partial charge is 0.0351 e. The van der Waals surface area contributed by atoms with Crippen LogP contribution in [0.2, 0.25) is 0 Å². The Balaban J connectivity index is 3.40.